The molecule has 21 heavy (non-hydrogen) atoms. The molecule has 112 valence electrons. The first-order valence-electron chi connectivity index (χ1n) is 7.44. The van der Waals surface area contributed by atoms with Crippen LogP contribution in [-0.2, 0) is 6.42 Å². The van der Waals surface area contributed by atoms with E-state index in [9.17, 15) is 0 Å². The van der Waals surface area contributed by atoms with Crippen LogP contribution >= 0.6 is 15.9 Å². The summed E-state index contributed by atoms with van der Waals surface area (Å²) in [5, 5.41) is 4.12. The first-order chi connectivity index (χ1) is 10.1. The lowest BCUT2D eigenvalue weighted by Crippen LogP contribution is -2.43. The van der Waals surface area contributed by atoms with Gasteiger partial charge in [0.25, 0.3) is 0 Å². The van der Waals surface area contributed by atoms with E-state index >= 15 is 0 Å². The van der Waals surface area contributed by atoms with Crippen molar-refractivity contribution in [2.75, 3.05) is 0 Å². The highest BCUT2D eigenvalue weighted by molar-refractivity contribution is 9.10. The first-order valence-corrected chi connectivity index (χ1v) is 8.23. The SMILES string of the molecule is Cc1cc(Br)ccc1-c1noc(CC2(N)CCCCC2)n1. The summed E-state index contributed by atoms with van der Waals surface area (Å²) < 4.78 is 6.47. The van der Waals surface area contributed by atoms with Crippen molar-refractivity contribution in [3.05, 3.63) is 34.1 Å². The van der Waals surface area contributed by atoms with Crippen molar-refractivity contribution in [2.45, 2.75) is 51.0 Å². The molecule has 0 aliphatic heterocycles. The number of hydrogen-bond acceptors (Lipinski definition) is 4. The van der Waals surface area contributed by atoms with Crippen LogP contribution in [-0.4, -0.2) is 15.7 Å². The van der Waals surface area contributed by atoms with Gasteiger partial charge in [-0.25, -0.2) is 0 Å². The Morgan fingerprint density at radius 2 is 2.05 bits per heavy atom. The predicted molar refractivity (Wildman–Crippen MR) is 85.9 cm³/mol. The fourth-order valence-corrected chi connectivity index (χ4v) is 3.52. The minimum atomic E-state index is -0.170. The molecule has 0 atom stereocenters. The summed E-state index contributed by atoms with van der Waals surface area (Å²) >= 11 is 3.47. The average Bonchev–Trinajstić information content (AvgIpc) is 2.87. The molecule has 1 aliphatic carbocycles. The zero-order valence-electron chi connectivity index (χ0n) is 12.2. The van der Waals surface area contributed by atoms with Crippen molar-refractivity contribution in [2.24, 2.45) is 5.73 Å². The van der Waals surface area contributed by atoms with Crippen molar-refractivity contribution >= 4 is 15.9 Å². The predicted octanol–water partition coefficient (Wildman–Crippen LogP) is 4.01. The first kappa shape index (κ1) is 14.7. The molecular formula is C16H20BrN3O. The largest absolute Gasteiger partial charge is 0.339 e. The van der Waals surface area contributed by atoms with E-state index < -0.39 is 0 Å². The lowest BCUT2D eigenvalue weighted by Gasteiger charge is -2.31. The molecule has 3 rings (SSSR count). The van der Waals surface area contributed by atoms with Crippen LogP contribution in [0.2, 0.25) is 0 Å². The minimum Gasteiger partial charge on any atom is -0.339 e. The van der Waals surface area contributed by atoms with Crippen molar-refractivity contribution in [3.8, 4) is 11.4 Å². The van der Waals surface area contributed by atoms with Crippen LogP contribution in [0.25, 0.3) is 11.4 Å². The van der Waals surface area contributed by atoms with Gasteiger partial charge in [0.05, 0.1) is 0 Å². The number of aromatic nitrogens is 2. The molecule has 2 N–H and O–H groups in total. The summed E-state index contributed by atoms with van der Waals surface area (Å²) in [5.74, 6) is 1.30. The Morgan fingerprint density at radius 3 is 2.76 bits per heavy atom. The lowest BCUT2D eigenvalue weighted by molar-refractivity contribution is 0.261. The van der Waals surface area contributed by atoms with Crippen molar-refractivity contribution in [1.82, 2.24) is 10.1 Å². The van der Waals surface area contributed by atoms with E-state index in [1.165, 1.54) is 19.3 Å². The summed E-state index contributed by atoms with van der Waals surface area (Å²) in [6.07, 6.45) is 6.44. The third-order valence-corrected chi connectivity index (χ3v) is 4.74. The Kier molecular flexibility index (Phi) is 4.13. The van der Waals surface area contributed by atoms with Gasteiger partial charge in [-0.05, 0) is 43.5 Å². The zero-order chi connectivity index (χ0) is 14.9. The maximum absolute atomic E-state index is 6.45. The number of hydrogen-bond donors (Lipinski definition) is 1. The second-order valence-electron chi connectivity index (χ2n) is 6.07. The van der Waals surface area contributed by atoms with Gasteiger partial charge in [-0.15, -0.1) is 0 Å². The topological polar surface area (TPSA) is 64.9 Å². The van der Waals surface area contributed by atoms with Gasteiger partial charge in [-0.3, -0.25) is 0 Å². The molecule has 1 heterocycles. The second-order valence-corrected chi connectivity index (χ2v) is 6.99. The third-order valence-electron chi connectivity index (χ3n) is 4.25. The zero-order valence-corrected chi connectivity index (χ0v) is 13.8. The molecule has 0 bridgehead atoms. The maximum atomic E-state index is 6.45. The second kappa shape index (κ2) is 5.89. The monoisotopic (exact) mass is 349 g/mol. The summed E-state index contributed by atoms with van der Waals surface area (Å²) in [5.41, 5.74) is 8.41. The van der Waals surface area contributed by atoms with Gasteiger partial charge in [0.15, 0.2) is 0 Å². The molecule has 0 unspecified atom stereocenters. The standard InChI is InChI=1S/C16H20BrN3O/c1-11-9-12(17)5-6-13(11)15-19-14(21-20-15)10-16(18)7-3-2-4-8-16/h5-6,9H,2-4,7-8,10,18H2,1H3. The van der Waals surface area contributed by atoms with E-state index in [4.69, 9.17) is 10.3 Å². The molecule has 1 fully saturated rings. The molecule has 0 radical (unpaired) electrons. The fraction of sp³-hybridized carbons (Fsp3) is 0.500. The van der Waals surface area contributed by atoms with Crippen molar-refractivity contribution < 1.29 is 4.52 Å². The Morgan fingerprint density at radius 1 is 1.29 bits per heavy atom. The van der Waals surface area contributed by atoms with Crippen LogP contribution in [0.1, 0.15) is 43.6 Å². The highest BCUT2D eigenvalue weighted by Crippen LogP contribution is 2.30. The van der Waals surface area contributed by atoms with Crippen LogP contribution in [0.15, 0.2) is 27.2 Å². The molecule has 1 saturated carbocycles. The Labute approximate surface area is 133 Å². The van der Waals surface area contributed by atoms with Gasteiger partial charge >= 0.3 is 0 Å². The number of halogens is 1. The molecule has 2 aromatic rings. The molecule has 0 spiro atoms. The normalized spacial score (nSPS) is 17.9. The van der Waals surface area contributed by atoms with Crippen molar-refractivity contribution in [1.29, 1.82) is 0 Å². The molecule has 1 aromatic heterocycles. The molecular weight excluding hydrogens is 330 g/mol. The smallest absolute Gasteiger partial charge is 0.228 e. The van der Waals surface area contributed by atoms with Gasteiger partial charge < -0.3 is 10.3 Å². The van der Waals surface area contributed by atoms with E-state index in [1.54, 1.807) is 0 Å². The van der Waals surface area contributed by atoms with E-state index in [0.29, 0.717) is 18.1 Å². The van der Waals surface area contributed by atoms with Gasteiger partial charge in [0, 0.05) is 22.0 Å². The summed E-state index contributed by atoms with van der Waals surface area (Å²) in [6, 6.07) is 6.05. The lowest BCUT2D eigenvalue weighted by atomic mass is 9.80. The Hall–Kier alpha value is -1.20. The summed E-state index contributed by atoms with van der Waals surface area (Å²) in [7, 11) is 0. The highest BCUT2D eigenvalue weighted by atomic mass is 79.9. The van der Waals surface area contributed by atoms with E-state index in [1.807, 2.05) is 19.1 Å². The maximum Gasteiger partial charge on any atom is 0.228 e. The Bertz CT molecular complexity index is 632. The summed E-state index contributed by atoms with van der Waals surface area (Å²) in [6.45, 7) is 2.04. The molecule has 4 nitrogen and oxygen atoms in total. The summed E-state index contributed by atoms with van der Waals surface area (Å²) in [4.78, 5) is 4.54. The number of aryl methyl sites for hydroxylation is 1. The number of benzene rings is 1. The quantitative estimate of drug-likeness (QED) is 0.908. The molecule has 0 saturated heterocycles. The van der Waals surface area contributed by atoms with Crippen LogP contribution < -0.4 is 5.73 Å². The van der Waals surface area contributed by atoms with Crippen molar-refractivity contribution in [3.63, 3.8) is 0 Å². The van der Waals surface area contributed by atoms with E-state index in [2.05, 4.69) is 32.1 Å². The number of nitrogens with two attached hydrogens (primary N) is 1. The highest BCUT2D eigenvalue weighted by Gasteiger charge is 2.30. The minimum absolute atomic E-state index is 0.170. The van der Waals surface area contributed by atoms with Gasteiger partial charge in [-0.2, -0.15) is 4.98 Å². The van der Waals surface area contributed by atoms with Crippen LogP contribution in [0.4, 0.5) is 0 Å². The van der Waals surface area contributed by atoms with Crippen LogP contribution in [0, 0.1) is 6.92 Å². The Balaban J connectivity index is 1.80. The molecule has 1 aliphatic rings. The van der Waals surface area contributed by atoms with Gasteiger partial charge in [0.1, 0.15) is 0 Å². The van der Waals surface area contributed by atoms with E-state index in [0.717, 1.165) is 28.4 Å². The average molecular weight is 350 g/mol. The third kappa shape index (κ3) is 3.35. The molecule has 5 heteroatoms. The molecule has 0 amide bonds. The number of rotatable bonds is 3. The fourth-order valence-electron chi connectivity index (χ4n) is 3.05. The van der Waals surface area contributed by atoms with Crippen LogP contribution in [0.5, 0.6) is 0 Å². The van der Waals surface area contributed by atoms with Gasteiger partial charge in [-0.1, -0.05) is 40.3 Å². The van der Waals surface area contributed by atoms with Crippen LogP contribution in [0.3, 0.4) is 0 Å². The van der Waals surface area contributed by atoms with Gasteiger partial charge in [0.2, 0.25) is 11.7 Å². The van der Waals surface area contributed by atoms with E-state index in [-0.39, 0.29) is 5.54 Å². The number of nitrogens with zero attached hydrogens (tertiary/aromatic N) is 2. The molecule has 1 aromatic carbocycles.